The van der Waals surface area contributed by atoms with E-state index < -0.39 is 0 Å². The summed E-state index contributed by atoms with van der Waals surface area (Å²) in [4.78, 5) is 11.0. The molecule has 13 heavy (non-hydrogen) atoms. The van der Waals surface area contributed by atoms with Gasteiger partial charge >= 0.3 is 0 Å². The van der Waals surface area contributed by atoms with Gasteiger partial charge in [-0.1, -0.05) is 36.9 Å². The summed E-state index contributed by atoms with van der Waals surface area (Å²) < 4.78 is 0. The Morgan fingerprint density at radius 2 is 2.08 bits per heavy atom. The average Bonchev–Trinajstić information content (AvgIpc) is 2.19. The van der Waals surface area contributed by atoms with Gasteiger partial charge in [0.25, 0.3) is 0 Å². The lowest BCUT2D eigenvalue weighted by Gasteiger charge is -2.00. The fraction of sp³-hybridized carbons (Fsp3) is 0.182. The maximum absolute atomic E-state index is 11.0. The molecule has 1 N–H and O–H groups in total. The first kappa shape index (κ1) is 9.52. The number of likely N-dealkylation sites (N-methyl/N-ethyl adjacent to an activating group) is 1. The molecule has 0 bridgehead atoms. The van der Waals surface area contributed by atoms with E-state index in [1.54, 1.807) is 13.1 Å². The van der Waals surface area contributed by atoms with Crippen LogP contribution in [0.15, 0.2) is 30.8 Å². The largest absolute Gasteiger partial charge is 0.359 e. The van der Waals surface area contributed by atoms with Gasteiger partial charge in [-0.15, -0.1) is 0 Å². The molecule has 2 heteroatoms. The fourth-order valence-corrected chi connectivity index (χ4v) is 1.05. The van der Waals surface area contributed by atoms with Gasteiger partial charge in [0, 0.05) is 7.05 Å². The van der Waals surface area contributed by atoms with Crippen LogP contribution in [0.2, 0.25) is 0 Å². The summed E-state index contributed by atoms with van der Waals surface area (Å²) in [6.45, 7) is 3.66. The van der Waals surface area contributed by atoms with Gasteiger partial charge in [0.1, 0.15) is 0 Å². The molecule has 0 aromatic heterocycles. The van der Waals surface area contributed by atoms with Crippen molar-refractivity contribution >= 4 is 12.0 Å². The minimum absolute atomic E-state index is 0.0337. The number of rotatable bonds is 3. The highest BCUT2D eigenvalue weighted by atomic mass is 16.1. The van der Waals surface area contributed by atoms with Crippen molar-refractivity contribution in [2.24, 2.45) is 0 Å². The standard InChI is InChI=1S/C11H13NO/c1-3-9-4-6-10(7-5-9)8-11(13)12-2/h3-7H,1,8H2,2H3,(H,12,13). The van der Waals surface area contributed by atoms with Gasteiger partial charge < -0.3 is 5.32 Å². The van der Waals surface area contributed by atoms with Crippen molar-refractivity contribution in [2.75, 3.05) is 7.05 Å². The van der Waals surface area contributed by atoms with E-state index in [9.17, 15) is 4.79 Å². The summed E-state index contributed by atoms with van der Waals surface area (Å²) >= 11 is 0. The van der Waals surface area contributed by atoms with E-state index >= 15 is 0 Å². The molecule has 1 aromatic carbocycles. The Bertz CT molecular complexity index is 300. The molecule has 1 rings (SSSR count). The summed E-state index contributed by atoms with van der Waals surface area (Å²) in [7, 11) is 1.64. The Morgan fingerprint density at radius 3 is 2.54 bits per heavy atom. The van der Waals surface area contributed by atoms with E-state index in [0.29, 0.717) is 6.42 Å². The summed E-state index contributed by atoms with van der Waals surface area (Å²) in [5, 5.41) is 2.58. The molecule has 1 aromatic rings. The topological polar surface area (TPSA) is 29.1 Å². The SMILES string of the molecule is C=Cc1ccc(CC(=O)NC)cc1. The van der Waals surface area contributed by atoms with Gasteiger partial charge in [0.05, 0.1) is 6.42 Å². The summed E-state index contributed by atoms with van der Waals surface area (Å²) in [5.41, 5.74) is 2.09. The molecule has 1 amide bonds. The van der Waals surface area contributed by atoms with Crippen LogP contribution in [-0.4, -0.2) is 13.0 Å². The molecule has 0 atom stereocenters. The lowest BCUT2D eigenvalue weighted by Crippen LogP contribution is -2.19. The Labute approximate surface area is 78.3 Å². The minimum atomic E-state index is 0.0337. The van der Waals surface area contributed by atoms with Crippen LogP contribution in [0.25, 0.3) is 6.08 Å². The van der Waals surface area contributed by atoms with Crippen LogP contribution in [-0.2, 0) is 11.2 Å². The van der Waals surface area contributed by atoms with E-state index in [-0.39, 0.29) is 5.91 Å². The van der Waals surface area contributed by atoms with Gasteiger partial charge in [-0.25, -0.2) is 0 Å². The van der Waals surface area contributed by atoms with Crippen LogP contribution in [0.1, 0.15) is 11.1 Å². The molecule has 0 aliphatic carbocycles. The smallest absolute Gasteiger partial charge is 0.224 e. The van der Waals surface area contributed by atoms with Gasteiger partial charge in [-0.3, -0.25) is 4.79 Å². The van der Waals surface area contributed by atoms with Gasteiger partial charge in [-0.05, 0) is 11.1 Å². The van der Waals surface area contributed by atoms with Crippen molar-refractivity contribution in [2.45, 2.75) is 6.42 Å². The number of nitrogens with one attached hydrogen (secondary N) is 1. The molecular weight excluding hydrogens is 162 g/mol. The average molecular weight is 175 g/mol. The number of benzene rings is 1. The Hall–Kier alpha value is -1.57. The number of amides is 1. The molecule has 0 fully saturated rings. The predicted octanol–water partition coefficient (Wildman–Crippen LogP) is 1.62. The highest BCUT2D eigenvalue weighted by Gasteiger charge is 1.99. The zero-order chi connectivity index (χ0) is 9.68. The molecule has 0 unspecified atom stereocenters. The normalized spacial score (nSPS) is 9.31. The first-order valence-electron chi connectivity index (χ1n) is 4.18. The van der Waals surface area contributed by atoms with E-state index in [2.05, 4.69) is 11.9 Å². The zero-order valence-electron chi connectivity index (χ0n) is 7.71. The Morgan fingerprint density at radius 1 is 1.46 bits per heavy atom. The fourth-order valence-electron chi connectivity index (χ4n) is 1.05. The molecule has 0 saturated carbocycles. The van der Waals surface area contributed by atoms with E-state index in [4.69, 9.17) is 0 Å². The number of carbonyl (C=O) groups excluding carboxylic acids is 1. The Kier molecular flexibility index (Phi) is 3.26. The number of hydrogen-bond acceptors (Lipinski definition) is 1. The van der Waals surface area contributed by atoms with Crippen molar-refractivity contribution in [3.05, 3.63) is 42.0 Å². The second-order valence-electron chi connectivity index (χ2n) is 2.80. The van der Waals surface area contributed by atoms with Crippen molar-refractivity contribution in [1.29, 1.82) is 0 Å². The van der Waals surface area contributed by atoms with Crippen molar-refractivity contribution in [3.8, 4) is 0 Å². The third-order valence-electron chi connectivity index (χ3n) is 1.86. The lowest BCUT2D eigenvalue weighted by atomic mass is 10.1. The van der Waals surface area contributed by atoms with Crippen LogP contribution in [0.3, 0.4) is 0 Å². The second kappa shape index (κ2) is 4.45. The van der Waals surface area contributed by atoms with Crippen LogP contribution < -0.4 is 5.32 Å². The van der Waals surface area contributed by atoms with Gasteiger partial charge in [0.15, 0.2) is 0 Å². The molecule has 0 aliphatic rings. The lowest BCUT2D eigenvalue weighted by molar-refractivity contribution is -0.119. The maximum atomic E-state index is 11.0. The molecule has 0 radical (unpaired) electrons. The monoisotopic (exact) mass is 175 g/mol. The molecule has 0 saturated heterocycles. The van der Waals surface area contributed by atoms with E-state index in [1.807, 2.05) is 24.3 Å². The van der Waals surface area contributed by atoms with Crippen molar-refractivity contribution in [3.63, 3.8) is 0 Å². The molecule has 0 spiro atoms. The van der Waals surface area contributed by atoms with E-state index in [1.165, 1.54) is 0 Å². The van der Waals surface area contributed by atoms with Crippen LogP contribution >= 0.6 is 0 Å². The van der Waals surface area contributed by atoms with Crippen LogP contribution in [0, 0.1) is 0 Å². The third kappa shape index (κ3) is 2.75. The van der Waals surface area contributed by atoms with Crippen molar-refractivity contribution in [1.82, 2.24) is 5.32 Å². The molecule has 0 heterocycles. The first-order valence-corrected chi connectivity index (χ1v) is 4.18. The van der Waals surface area contributed by atoms with Gasteiger partial charge in [0.2, 0.25) is 5.91 Å². The summed E-state index contributed by atoms with van der Waals surface area (Å²) in [6.07, 6.45) is 2.22. The van der Waals surface area contributed by atoms with Crippen molar-refractivity contribution < 1.29 is 4.79 Å². The quantitative estimate of drug-likeness (QED) is 0.743. The zero-order valence-corrected chi connectivity index (χ0v) is 7.71. The summed E-state index contributed by atoms with van der Waals surface area (Å²) in [5.74, 6) is 0.0337. The Balaban J connectivity index is 2.69. The molecule has 68 valence electrons. The maximum Gasteiger partial charge on any atom is 0.224 e. The second-order valence-corrected chi connectivity index (χ2v) is 2.80. The first-order chi connectivity index (χ1) is 6.26. The predicted molar refractivity (Wildman–Crippen MR) is 54.3 cm³/mol. The van der Waals surface area contributed by atoms with Crippen LogP contribution in [0.4, 0.5) is 0 Å². The molecule has 2 nitrogen and oxygen atoms in total. The molecular formula is C11H13NO. The third-order valence-corrected chi connectivity index (χ3v) is 1.86. The highest BCUT2D eigenvalue weighted by Crippen LogP contribution is 2.05. The van der Waals surface area contributed by atoms with Crippen LogP contribution in [0.5, 0.6) is 0 Å². The molecule has 0 aliphatic heterocycles. The highest BCUT2D eigenvalue weighted by molar-refractivity contribution is 5.78. The van der Waals surface area contributed by atoms with E-state index in [0.717, 1.165) is 11.1 Å². The minimum Gasteiger partial charge on any atom is -0.359 e. The number of carbonyl (C=O) groups is 1. The summed E-state index contributed by atoms with van der Waals surface area (Å²) in [6, 6.07) is 7.77. The van der Waals surface area contributed by atoms with Gasteiger partial charge in [-0.2, -0.15) is 0 Å². The number of hydrogen-bond donors (Lipinski definition) is 1.